The van der Waals surface area contributed by atoms with Crippen LogP contribution in [0.4, 0.5) is 0 Å². The third-order valence-electron chi connectivity index (χ3n) is 3.82. The molecular formula is C15H22N2O3. The quantitative estimate of drug-likeness (QED) is 0.789. The summed E-state index contributed by atoms with van der Waals surface area (Å²) >= 11 is 0. The van der Waals surface area contributed by atoms with E-state index < -0.39 is 0 Å². The van der Waals surface area contributed by atoms with Gasteiger partial charge in [-0.2, -0.15) is 0 Å². The zero-order valence-electron chi connectivity index (χ0n) is 12.2. The SMILES string of the molecule is COC(=O)C1=C(NC(=O)CN2CCCCC2)C(C)=CC1. The Kier molecular flexibility index (Phi) is 4.95. The number of carbonyl (C=O) groups excluding carboxylic acids is 2. The van der Waals surface area contributed by atoms with Crippen molar-refractivity contribution in [2.24, 2.45) is 0 Å². The van der Waals surface area contributed by atoms with E-state index in [2.05, 4.69) is 10.2 Å². The maximum atomic E-state index is 12.1. The molecule has 0 aromatic carbocycles. The van der Waals surface area contributed by atoms with Gasteiger partial charge in [0.05, 0.1) is 24.9 Å². The third-order valence-corrected chi connectivity index (χ3v) is 3.82. The minimum Gasteiger partial charge on any atom is -0.466 e. The molecule has 1 aliphatic carbocycles. The normalized spacial score (nSPS) is 19.8. The zero-order valence-corrected chi connectivity index (χ0v) is 12.2. The minimum absolute atomic E-state index is 0.0575. The Bertz CT molecular complexity index is 460. The number of nitrogens with one attached hydrogen (secondary N) is 1. The van der Waals surface area contributed by atoms with Crippen LogP contribution in [0.1, 0.15) is 32.6 Å². The number of esters is 1. The predicted molar refractivity (Wildman–Crippen MR) is 75.8 cm³/mol. The predicted octanol–water partition coefficient (Wildman–Crippen LogP) is 1.37. The highest BCUT2D eigenvalue weighted by molar-refractivity contribution is 5.93. The van der Waals surface area contributed by atoms with Crippen molar-refractivity contribution >= 4 is 11.9 Å². The Balaban J connectivity index is 1.97. The molecule has 110 valence electrons. The molecule has 5 nitrogen and oxygen atoms in total. The molecule has 5 heteroatoms. The van der Waals surface area contributed by atoms with E-state index in [-0.39, 0.29) is 11.9 Å². The van der Waals surface area contributed by atoms with Gasteiger partial charge in [0, 0.05) is 6.42 Å². The molecule has 20 heavy (non-hydrogen) atoms. The highest BCUT2D eigenvalue weighted by Gasteiger charge is 2.23. The smallest absolute Gasteiger partial charge is 0.336 e. The minimum atomic E-state index is -0.369. The van der Waals surface area contributed by atoms with Crippen molar-refractivity contribution in [3.8, 4) is 0 Å². The maximum Gasteiger partial charge on any atom is 0.336 e. The summed E-state index contributed by atoms with van der Waals surface area (Å²) in [7, 11) is 1.36. The molecule has 1 heterocycles. The van der Waals surface area contributed by atoms with Crippen molar-refractivity contribution in [1.82, 2.24) is 10.2 Å². The number of hydrogen-bond acceptors (Lipinski definition) is 4. The van der Waals surface area contributed by atoms with Crippen LogP contribution in [0.15, 0.2) is 22.9 Å². The molecule has 2 aliphatic rings. The van der Waals surface area contributed by atoms with Crippen molar-refractivity contribution in [3.63, 3.8) is 0 Å². The second kappa shape index (κ2) is 6.70. The highest BCUT2D eigenvalue weighted by Crippen LogP contribution is 2.24. The van der Waals surface area contributed by atoms with Crippen LogP contribution in [-0.4, -0.2) is 43.5 Å². The summed E-state index contributed by atoms with van der Waals surface area (Å²) in [6, 6.07) is 0. The second-order valence-electron chi connectivity index (χ2n) is 5.32. The number of likely N-dealkylation sites (tertiary alicyclic amines) is 1. The first kappa shape index (κ1) is 14.8. The van der Waals surface area contributed by atoms with E-state index in [1.54, 1.807) is 0 Å². The molecule has 0 saturated carbocycles. The van der Waals surface area contributed by atoms with Crippen LogP contribution < -0.4 is 5.32 Å². The van der Waals surface area contributed by atoms with Gasteiger partial charge in [0.15, 0.2) is 0 Å². The molecule has 0 aromatic rings. The number of nitrogens with zero attached hydrogens (tertiary/aromatic N) is 1. The topological polar surface area (TPSA) is 58.6 Å². The Morgan fingerprint density at radius 2 is 2.00 bits per heavy atom. The number of amides is 1. The molecule has 1 saturated heterocycles. The molecule has 1 amide bonds. The van der Waals surface area contributed by atoms with Crippen LogP contribution in [0.3, 0.4) is 0 Å². The van der Waals surface area contributed by atoms with Gasteiger partial charge in [0.25, 0.3) is 0 Å². The lowest BCUT2D eigenvalue weighted by Crippen LogP contribution is -2.39. The number of ether oxygens (including phenoxy) is 1. The molecule has 2 rings (SSSR count). The van der Waals surface area contributed by atoms with Crippen LogP contribution in [0.25, 0.3) is 0 Å². The van der Waals surface area contributed by atoms with Crippen molar-refractivity contribution in [1.29, 1.82) is 0 Å². The molecule has 0 bridgehead atoms. The molecule has 0 aromatic heterocycles. The van der Waals surface area contributed by atoms with Crippen molar-refractivity contribution in [2.45, 2.75) is 32.6 Å². The van der Waals surface area contributed by atoms with E-state index in [1.807, 2.05) is 13.0 Å². The Morgan fingerprint density at radius 1 is 1.30 bits per heavy atom. The number of carbonyl (C=O) groups is 2. The molecule has 0 spiro atoms. The first-order chi connectivity index (χ1) is 9.61. The van der Waals surface area contributed by atoms with Crippen molar-refractivity contribution in [2.75, 3.05) is 26.7 Å². The van der Waals surface area contributed by atoms with Crippen molar-refractivity contribution in [3.05, 3.63) is 22.9 Å². The lowest BCUT2D eigenvalue weighted by atomic mass is 10.1. The van der Waals surface area contributed by atoms with E-state index in [0.29, 0.717) is 24.2 Å². The Hall–Kier alpha value is -1.62. The first-order valence-corrected chi connectivity index (χ1v) is 7.12. The average molecular weight is 278 g/mol. The van der Waals surface area contributed by atoms with E-state index in [0.717, 1.165) is 31.5 Å². The largest absolute Gasteiger partial charge is 0.466 e. The van der Waals surface area contributed by atoms with Gasteiger partial charge in [0.2, 0.25) is 5.91 Å². The summed E-state index contributed by atoms with van der Waals surface area (Å²) in [5.41, 5.74) is 2.09. The molecule has 1 N–H and O–H groups in total. The first-order valence-electron chi connectivity index (χ1n) is 7.12. The van der Waals surface area contributed by atoms with Crippen LogP contribution in [-0.2, 0) is 14.3 Å². The van der Waals surface area contributed by atoms with Gasteiger partial charge in [-0.1, -0.05) is 12.5 Å². The van der Waals surface area contributed by atoms with Crippen LogP contribution >= 0.6 is 0 Å². The number of rotatable bonds is 4. The van der Waals surface area contributed by atoms with E-state index in [1.165, 1.54) is 13.5 Å². The number of methoxy groups -OCH3 is 1. The molecule has 0 unspecified atom stereocenters. The van der Waals surface area contributed by atoms with Gasteiger partial charge in [-0.05, 0) is 38.4 Å². The van der Waals surface area contributed by atoms with Gasteiger partial charge in [-0.3, -0.25) is 9.69 Å². The summed E-state index contributed by atoms with van der Waals surface area (Å²) in [6.07, 6.45) is 6.02. The van der Waals surface area contributed by atoms with E-state index in [9.17, 15) is 9.59 Å². The van der Waals surface area contributed by atoms with E-state index in [4.69, 9.17) is 4.74 Å². The van der Waals surface area contributed by atoms with Gasteiger partial charge in [0.1, 0.15) is 0 Å². The van der Waals surface area contributed by atoms with Crippen molar-refractivity contribution < 1.29 is 14.3 Å². The van der Waals surface area contributed by atoms with E-state index >= 15 is 0 Å². The number of hydrogen-bond donors (Lipinski definition) is 1. The van der Waals surface area contributed by atoms with Crippen LogP contribution in [0.5, 0.6) is 0 Å². The number of allylic oxidation sites excluding steroid dienone is 2. The maximum absolute atomic E-state index is 12.1. The summed E-state index contributed by atoms with van der Waals surface area (Å²) < 4.78 is 4.75. The van der Waals surface area contributed by atoms with Gasteiger partial charge >= 0.3 is 5.97 Å². The Morgan fingerprint density at radius 3 is 2.65 bits per heavy atom. The van der Waals surface area contributed by atoms with Crippen LogP contribution in [0.2, 0.25) is 0 Å². The van der Waals surface area contributed by atoms with Gasteiger partial charge < -0.3 is 10.1 Å². The Labute approximate surface area is 119 Å². The summed E-state index contributed by atoms with van der Waals surface area (Å²) in [6.45, 7) is 4.24. The monoisotopic (exact) mass is 278 g/mol. The summed E-state index contributed by atoms with van der Waals surface area (Å²) in [5, 5.41) is 2.87. The molecule has 1 fully saturated rings. The standard InChI is InChI=1S/C15H22N2O3/c1-11-6-7-12(15(19)20-2)14(11)16-13(18)10-17-8-4-3-5-9-17/h6H,3-5,7-10H2,1-2H3,(H,16,18). The fourth-order valence-corrected chi connectivity index (χ4v) is 2.68. The number of piperidine rings is 1. The van der Waals surface area contributed by atoms with Crippen LogP contribution in [0, 0.1) is 0 Å². The molecular weight excluding hydrogens is 256 g/mol. The lowest BCUT2D eigenvalue weighted by Gasteiger charge is -2.25. The fraction of sp³-hybridized carbons (Fsp3) is 0.600. The molecule has 1 aliphatic heterocycles. The van der Waals surface area contributed by atoms with Gasteiger partial charge in [-0.25, -0.2) is 4.79 Å². The lowest BCUT2D eigenvalue weighted by molar-refractivity contribution is -0.136. The summed E-state index contributed by atoms with van der Waals surface area (Å²) in [5.74, 6) is -0.427. The average Bonchev–Trinajstić information content (AvgIpc) is 2.80. The summed E-state index contributed by atoms with van der Waals surface area (Å²) in [4.78, 5) is 25.9. The van der Waals surface area contributed by atoms with Gasteiger partial charge in [-0.15, -0.1) is 0 Å². The molecule has 0 radical (unpaired) electrons. The zero-order chi connectivity index (χ0) is 14.5. The highest BCUT2D eigenvalue weighted by atomic mass is 16.5. The second-order valence-corrected chi connectivity index (χ2v) is 5.32. The third kappa shape index (κ3) is 3.48. The molecule has 0 atom stereocenters. The fourth-order valence-electron chi connectivity index (χ4n) is 2.68.